The van der Waals surface area contributed by atoms with Crippen molar-refractivity contribution in [2.45, 2.75) is 6.61 Å². The molecule has 1 aliphatic heterocycles. The number of thiocarbonyl (C=S) groups is 1. The average Bonchev–Trinajstić information content (AvgIpc) is 3.22. The van der Waals surface area contributed by atoms with E-state index in [4.69, 9.17) is 17.0 Å². The van der Waals surface area contributed by atoms with Gasteiger partial charge < -0.3 is 10.1 Å². The minimum absolute atomic E-state index is 0.283. The second-order valence-corrected chi connectivity index (χ2v) is 10.0. The maximum Gasteiger partial charge on any atom is 0.270 e. The first-order valence-corrected chi connectivity index (χ1v) is 12.9. The molecule has 5 nitrogen and oxygen atoms in total. The molecule has 4 aromatic carbocycles. The molecular formula is C30H21FN2O3S2. The van der Waals surface area contributed by atoms with Crippen LogP contribution >= 0.6 is 24.0 Å². The number of carbonyl (C=O) groups excluding carboxylic acids is 2. The van der Waals surface area contributed by atoms with Crippen molar-refractivity contribution < 1.29 is 18.7 Å². The highest BCUT2D eigenvalue weighted by Gasteiger charge is 2.33. The van der Waals surface area contributed by atoms with Crippen LogP contribution in [0.25, 0.3) is 6.08 Å². The van der Waals surface area contributed by atoms with Crippen LogP contribution in [0.2, 0.25) is 0 Å². The van der Waals surface area contributed by atoms with E-state index in [1.165, 1.54) is 40.9 Å². The molecule has 0 bridgehead atoms. The van der Waals surface area contributed by atoms with Crippen molar-refractivity contribution in [1.29, 1.82) is 0 Å². The van der Waals surface area contributed by atoms with Crippen LogP contribution in [0.15, 0.2) is 108 Å². The van der Waals surface area contributed by atoms with Crippen molar-refractivity contribution >= 4 is 57.6 Å². The van der Waals surface area contributed by atoms with Crippen molar-refractivity contribution in [1.82, 2.24) is 0 Å². The van der Waals surface area contributed by atoms with Crippen LogP contribution in [0.4, 0.5) is 15.8 Å². The van der Waals surface area contributed by atoms with Gasteiger partial charge >= 0.3 is 0 Å². The van der Waals surface area contributed by atoms with E-state index < -0.39 is 5.82 Å². The number of hydrogen-bond acceptors (Lipinski definition) is 5. The zero-order valence-electron chi connectivity index (χ0n) is 20.0. The molecule has 1 fully saturated rings. The molecule has 0 unspecified atom stereocenters. The van der Waals surface area contributed by atoms with Crippen LogP contribution in [0, 0.1) is 5.82 Å². The lowest BCUT2D eigenvalue weighted by Gasteiger charge is -2.15. The number of nitrogens with zero attached hydrogens (tertiary/aromatic N) is 1. The molecular weight excluding hydrogens is 519 g/mol. The van der Waals surface area contributed by atoms with Crippen LogP contribution in [-0.2, 0) is 11.4 Å². The number of benzene rings is 4. The summed E-state index contributed by atoms with van der Waals surface area (Å²) < 4.78 is 19.6. The Morgan fingerprint density at radius 3 is 2.47 bits per heavy atom. The number of amides is 2. The maximum absolute atomic E-state index is 13.4. The molecule has 5 rings (SSSR count). The zero-order chi connectivity index (χ0) is 26.5. The summed E-state index contributed by atoms with van der Waals surface area (Å²) in [5, 5.41) is 2.72. The lowest BCUT2D eigenvalue weighted by atomic mass is 10.1. The van der Waals surface area contributed by atoms with Crippen LogP contribution in [-0.4, -0.2) is 16.1 Å². The summed E-state index contributed by atoms with van der Waals surface area (Å²) >= 11 is 6.72. The fraction of sp³-hybridized carbons (Fsp3) is 0.0333. The molecule has 0 atom stereocenters. The lowest BCUT2D eigenvalue weighted by molar-refractivity contribution is -0.113. The normalized spacial score (nSPS) is 14.1. The third-order valence-electron chi connectivity index (χ3n) is 5.71. The van der Waals surface area contributed by atoms with Gasteiger partial charge in [-0.1, -0.05) is 78.6 Å². The fourth-order valence-corrected chi connectivity index (χ4v) is 5.11. The Kier molecular flexibility index (Phi) is 7.62. The van der Waals surface area contributed by atoms with E-state index in [9.17, 15) is 14.0 Å². The average molecular weight is 541 g/mol. The predicted molar refractivity (Wildman–Crippen MR) is 154 cm³/mol. The number of hydrogen-bond donors (Lipinski definition) is 1. The zero-order valence-corrected chi connectivity index (χ0v) is 21.6. The van der Waals surface area contributed by atoms with E-state index in [1.807, 2.05) is 54.6 Å². The number of para-hydroxylation sites is 1. The van der Waals surface area contributed by atoms with Gasteiger partial charge in [0, 0.05) is 16.8 Å². The highest BCUT2D eigenvalue weighted by atomic mass is 32.2. The molecule has 0 aliphatic carbocycles. The van der Waals surface area contributed by atoms with Crippen molar-refractivity contribution in [3.63, 3.8) is 0 Å². The van der Waals surface area contributed by atoms with Gasteiger partial charge in [0.2, 0.25) is 0 Å². The summed E-state index contributed by atoms with van der Waals surface area (Å²) in [5.41, 5.74) is 3.08. The highest BCUT2D eigenvalue weighted by Crippen LogP contribution is 2.37. The molecule has 1 saturated heterocycles. The molecule has 4 aromatic rings. The van der Waals surface area contributed by atoms with E-state index in [2.05, 4.69) is 5.32 Å². The van der Waals surface area contributed by atoms with Gasteiger partial charge in [-0.25, -0.2) is 4.39 Å². The molecule has 0 spiro atoms. The Balaban J connectivity index is 1.34. The van der Waals surface area contributed by atoms with Gasteiger partial charge in [0.25, 0.3) is 11.8 Å². The van der Waals surface area contributed by atoms with Gasteiger partial charge in [0.15, 0.2) is 4.32 Å². The van der Waals surface area contributed by atoms with Gasteiger partial charge in [-0.05, 0) is 60.2 Å². The fourth-order valence-electron chi connectivity index (χ4n) is 3.82. The predicted octanol–water partition coefficient (Wildman–Crippen LogP) is 7.06. The number of nitrogens with one attached hydrogen (secondary N) is 1. The SMILES string of the molecule is O=C(Nc1ccc(F)cc1)c1cccc(N2C(=O)/C(=C\c3ccccc3OCc3ccccc3)SC2=S)c1. The van der Waals surface area contributed by atoms with Gasteiger partial charge in [-0.2, -0.15) is 0 Å². The summed E-state index contributed by atoms with van der Waals surface area (Å²) in [6.45, 7) is 0.402. The quantitative estimate of drug-likeness (QED) is 0.201. The Labute approximate surface area is 228 Å². The number of rotatable bonds is 7. The van der Waals surface area contributed by atoms with Crippen LogP contribution < -0.4 is 15.0 Å². The molecule has 38 heavy (non-hydrogen) atoms. The Morgan fingerprint density at radius 1 is 0.947 bits per heavy atom. The smallest absolute Gasteiger partial charge is 0.270 e. The van der Waals surface area contributed by atoms with Crippen molar-refractivity contribution in [3.05, 3.63) is 131 Å². The van der Waals surface area contributed by atoms with Crippen LogP contribution in [0.3, 0.4) is 0 Å². The van der Waals surface area contributed by atoms with Crippen LogP contribution in [0.5, 0.6) is 5.75 Å². The first kappa shape index (κ1) is 25.4. The molecule has 188 valence electrons. The number of thioether (sulfide) groups is 1. The van der Waals surface area contributed by atoms with Gasteiger partial charge in [-0.3, -0.25) is 14.5 Å². The molecule has 8 heteroatoms. The third kappa shape index (κ3) is 5.82. The summed E-state index contributed by atoms with van der Waals surface area (Å²) in [4.78, 5) is 28.0. The third-order valence-corrected chi connectivity index (χ3v) is 7.01. The molecule has 1 heterocycles. The number of halogens is 1. The van der Waals surface area contributed by atoms with Crippen LogP contribution in [0.1, 0.15) is 21.5 Å². The molecule has 1 aliphatic rings. The largest absolute Gasteiger partial charge is 0.488 e. The molecule has 0 radical (unpaired) electrons. The maximum atomic E-state index is 13.4. The lowest BCUT2D eigenvalue weighted by Crippen LogP contribution is -2.27. The second-order valence-electron chi connectivity index (χ2n) is 8.34. The van der Waals surface area contributed by atoms with Gasteiger partial charge in [0.05, 0.1) is 10.6 Å². The van der Waals surface area contributed by atoms with Crippen molar-refractivity contribution in [3.8, 4) is 5.75 Å². The minimum Gasteiger partial charge on any atom is -0.488 e. The molecule has 1 N–H and O–H groups in total. The Hall–Kier alpha value is -4.27. The summed E-state index contributed by atoms with van der Waals surface area (Å²) in [7, 11) is 0. The highest BCUT2D eigenvalue weighted by molar-refractivity contribution is 8.27. The second kappa shape index (κ2) is 11.4. The number of carbonyl (C=O) groups is 2. The van der Waals surface area contributed by atoms with Gasteiger partial charge in [0.1, 0.15) is 18.2 Å². The number of ether oxygens (including phenoxy) is 1. The summed E-state index contributed by atoms with van der Waals surface area (Å²) in [5.74, 6) is -0.406. The molecule has 0 aromatic heterocycles. The first-order valence-electron chi connectivity index (χ1n) is 11.7. The summed E-state index contributed by atoms with van der Waals surface area (Å²) in [6, 6.07) is 29.5. The van der Waals surface area contributed by atoms with E-state index in [-0.39, 0.29) is 11.8 Å². The monoisotopic (exact) mass is 540 g/mol. The topological polar surface area (TPSA) is 58.6 Å². The van der Waals surface area contributed by atoms with E-state index in [0.29, 0.717) is 38.5 Å². The van der Waals surface area contributed by atoms with E-state index >= 15 is 0 Å². The van der Waals surface area contributed by atoms with E-state index in [0.717, 1.165) is 11.1 Å². The summed E-state index contributed by atoms with van der Waals surface area (Å²) in [6.07, 6.45) is 1.77. The standard InChI is InChI=1S/C30H21FN2O3S2/c31-23-13-15-24(16-14-23)32-28(34)22-10-6-11-25(17-22)33-29(35)27(38-30(33)37)18-21-9-4-5-12-26(21)36-19-20-7-2-1-3-8-20/h1-18H,19H2,(H,32,34)/b27-18+. The molecule has 2 amide bonds. The Bertz CT molecular complexity index is 1540. The first-order chi connectivity index (χ1) is 18.5. The van der Waals surface area contributed by atoms with Crippen molar-refractivity contribution in [2.75, 3.05) is 10.2 Å². The number of anilines is 2. The van der Waals surface area contributed by atoms with Crippen molar-refractivity contribution in [2.24, 2.45) is 0 Å². The van der Waals surface area contributed by atoms with E-state index in [1.54, 1.807) is 30.3 Å². The Morgan fingerprint density at radius 2 is 1.68 bits per heavy atom. The minimum atomic E-state index is -0.391. The molecule has 0 saturated carbocycles. The van der Waals surface area contributed by atoms with Gasteiger partial charge in [-0.15, -0.1) is 0 Å².